The molecule has 136 valence electrons. The number of rotatable bonds is 3. The van der Waals surface area contributed by atoms with E-state index in [9.17, 15) is 4.79 Å². The molecular formula is C18H18Cl2N4OS. The first-order valence-electron chi connectivity index (χ1n) is 7.99. The number of carbonyl (C=O) groups is 1. The number of aryl methyl sites for hydroxylation is 1. The van der Waals surface area contributed by atoms with Crippen molar-refractivity contribution < 1.29 is 4.79 Å². The number of hydrogen-bond acceptors (Lipinski definition) is 5. The summed E-state index contributed by atoms with van der Waals surface area (Å²) in [4.78, 5) is 21.2. The van der Waals surface area contributed by atoms with Gasteiger partial charge >= 0.3 is 0 Å². The minimum absolute atomic E-state index is 0.127. The minimum atomic E-state index is -0.406. The molecule has 8 heteroatoms. The number of nitrogens with zero attached hydrogens (tertiary/aromatic N) is 2. The number of aromatic nitrogens is 1. The first kappa shape index (κ1) is 19.0. The fourth-order valence-electron chi connectivity index (χ4n) is 2.83. The number of thioether (sulfide) groups is 1. The summed E-state index contributed by atoms with van der Waals surface area (Å²) in [5.74, 6) is 0.516. The summed E-state index contributed by atoms with van der Waals surface area (Å²) >= 11 is 13.5. The van der Waals surface area contributed by atoms with E-state index < -0.39 is 11.4 Å². The summed E-state index contributed by atoms with van der Waals surface area (Å²) in [5, 5.41) is 4.02. The van der Waals surface area contributed by atoms with Gasteiger partial charge in [0.1, 0.15) is 5.69 Å². The van der Waals surface area contributed by atoms with Crippen LogP contribution in [0.1, 0.15) is 35.0 Å². The third kappa shape index (κ3) is 4.14. The normalized spacial score (nSPS) is 19.8. The van der Waals surface area contributed by atoms with Gasteiger partial charge in [-0.1, -0.05) is 41.0 Å². The van der Waals surface area contributed by atoms with Crippen molar-refractivity contribution in [3.63, 3.8) is 0 Å². The van der Waals surface area contributed by atoms with Gasteiger partial charge in [-0.15, -0.1) is 0 Å². The zero-order valence-corrected chi connectivity index (χ0v) is 16.7. The lowest BCUT2D eigenvalue weighted by Crippen LogP contribution is -2.29. The van der Waals surface area contributed by atoms with Crippen LogP contribution in [0.15, 0.2) is 35.5 Å². The van der Waals surface area contributed by atoms with E-state index in [2.05, 4.69) is 28.3 Å². The summed E-state index contributed by atoms with van der Waals surface area (Å²) in [6.45, 7) is 4.03. The summed E-state index contributed by atoms with van der Waals surface area (Å²) < 4.78 is 0. The van der Waals surface area contributed by atoms with Gasteiger partial charge < -0.3 is 11.1 Å². The SMILES string of the molecule is Cc1cc(NC(=O)c2ncc(Cl)cc2Cl)cc(C2(C)CCSC(N)=N2)c1. The van der Waals surface area contributed by atoms with E-state index in [1.807, 2.05) is 19.1 Å². The Bertz CT molecular complexity index is 903. The first-order chi connectivity index (χ1) is 12.3. The second-order valence-electron chi connectivity index (χ2n) is 6.35. The van der Waals surface area contributed by atoms with Gasteiger partial charge in [-0.2, -0.15) is 0 Å². The predicted molar refractivity (Wildman–Crippen MR) is 109 cm³/mol. The maximum absolute atomic E-state index is 12.5. The van der Waals surface area contributed by atoms with Gasteiger partial charge in [-0.05, 0) is 49.6 Å². The van der Waals surface area contributed by atoms with E-state index in [0.717, 1.165) is 23.3 Å². The molecule has 1 aliphatic heterocycles. The predicted octanol–water partition coefficient (Wildman–Crippen LogP) is 4.62. The van der Waals surface area contributed by atoms with Gasteiger partial charge in [0, 0.05) is 17.6 Å². The molecule has 26 heavy (non-hydrogen) atoms. The Morgan fingerprint density at radius 2 is 2.08 bits per heavy atom. The van der Waals surface area contributed by atoms with Crippen LogP contribution in [0.2, 0.25) is 10.0 Å². The number of carbonyl (C=O) groups excluding carboxylic acids is 1. The Labute approximate surface area is 166 Å². The molecule has 1 unspecified atom stereocenters. The highest BCUT2D eigenvalue weighted by molar-refractivity contribution is 8.13. The molecule has 0 radical (unpaired) electrons. The highest BCUT2D eigenvalue weighted by atomic mass is 35.5. The molecule has 0 bridgehead atoms. The van der Waals surface area contributed by atoms with Crippen molar-refractivity contribution in [2.45, 2.75) is 25.8 Å². The maximum Gasteiger partial charge on any atom is 0.275 e. The standard InChI is InChI=1S/C18H18Cl2N4OS/c1-10-5-11(18(2)3-4-26-17(21)24-18)7-13(6-10)23-16(25)15-14(20)8-12(19)9-22-15/h5-9H,3-4H2,1-2H3,(H2,21,24)(H,23,25). The average molecular weight is 409 g/mol. The van der Waals surface area contributed by atoms with Crippen LogP contribution in [0.25, 0.3) is 0 Å². The van der Waals surface area contributed by atoms with Crippen LogP contribution in [-0.2, 0) is 5.54 Å². The summed E-state index contributed by atoms with van der Waals surface area (Å²) in [6, 6.07) is 7.36. The lowest BCUT2D eigenvalue weighted by atomic mass is 9.88. The van der Waals surface area contributed by atoms with Crippen molar-refractivity contribution >= 4 is 51.7 Å². The lowest BCUT2D eigenvalue weighted by molar-refractivity contribution is 0.102. The second-order valence-corrected chi connectivity index (χ2v) is 8.31. The molecule has 0 aliphatic carbocycles. The van der Waals surface area contributed by atoms with Gasteiger partial charge in [0.15, 0.2) is 5.17 Å². The molecule has 1 amide bonds. The van der Waals surface area contributed by atoms with Crippen LogP contribution in [0.5, 0.6) is 0 Å². The number of aliphatic imine (C=N–C) groups is 1. The molecule has 0 saturated heterocycles. The molecule has 0 fully saturated rings. The molecule has 1 atom stereocenters. The lowest BCUT2D eigenvalue weighted by Gasteiger charge is -2.30. The molecule has 0 spiro atoms. The third-order valence-electron chi connectivity index (χ3n) is 4.18. The number of amidine groups is 1. The number of hydrogen-bond donors (Lipinski definition) is 2. The van der Waals surface area contributed by atoms with Crippen molar-refractivity contribution in [3.05, 3.63) is 57.3 Å². The first-order valence-corrected chi connectivity index (χ1v) is 9.74. The topological polar surface area (TPSA) is 80.4 Å². The number of halogens is 2. The van der Waals surface area contributed by atoms with Gasteiger partial charge in [0.05, 0.1) is 15.6 Å². The van der Waals surface area contributed by atoms with Gasteiger partial charge in [-0.3, -0.25) is 9.79 Å². The Morgan fingerprint density at radius 1 is 1.31 bits per heavy atom. The number of pyridine rings is 1. The Balaban J connectivity index is 1.91. The van der Waals surface area contributed by atoms with E-state index in [1.54, 1.807) is 11.8 Å². The Morgan fingerprint density at radius 3 is 2.77 bits per heavy atom. The quantitative estimate of drug-likeness (QED) is 0.776. The number of nitrogens with one attached hydrogen (secondary N) is 1. The number of nitrogens with two attached hydrogens (primary N) is 1. The molecule has 3 N–H and O–H groups in total. The largest absolute Gasteiger partial charge is 0.379 e. The van der Waals surface area contributed by atoms with Crippen molar-refractivity contribution in [2.24, 2.45) is 10.7 Å². The zero-order valence-electron chi connectivity index (χ0n) is 14.3. The number of benzene rings is 1. The van der Waals surface area contributed by atoms with Crippen LogP contribution in [0, 0.1) is 6.92 Å². The third-order valence-corrected chi connectivity index (χ3v) is 5.47. The van der Waals surface area contributed by atoms with Crippen LogP contribution in [0.3, 0.4) is 0 Å². The van der Waals surface area contributed by atoms with Gasteiger partial charge in [-0.25, -0.2) is 4.98 Å². The van der Waals surface area contributed by atoms with Gasteiger partial charge in [0.25, 0.3) is 5.91 Å². The van der Waals surface area contributed by atoms with E-state index in [4.69, 9.17) is 28.9 Å². The molecule has 1 aromatic carbocycles. The Hall–Kier alpha value is -1.76. The fraction of sp³-hybridized carbons (Fsp3) is 0.278. The monoisotopic (exact) mass is 408 g/mol. The van der Waals surface area contributed by atoms with E-state index in [0.29, 0.717) is 15.9 Å². The van der Waals surface area contributed by atoms with Crippen LogP contribution in [-0.4, -0.2) is 21.8 Å². The Kier molecular flexibility index (Phi) is 5.46. The van der Waals surface area contributed by atoms with E-state index in [-0.39, 0.29) is 10.7 Å². The summed E-state index contributed by atoms with van der Waals surface area (Å²) in [6.07, 6.45) is 2.27. The number of amides is 1. The number of anilines is 1. The van der Waals surface area contributed by atoms with Gasteiger partial charge in [0.2, 0.25) is 0 Å². The maximum atomic E-state index is 12.5. The van der Waals surface area contributed by atoms with Crippen LogP contribution >= 0.6 is 35.0 Å². The zero-order chi connectivity index (χ0) is 18.9. The van der Waals surface area contributed by atoms with Crippen molar-refractivity contribution in [1.29, 1.82) is 0 Å². The molecule has 0 saturated carbocycles. The van der Waals surface area contributed by atoms with Crippen molar-refractivity contribution in [1.82, 2.24) is 4.98 Å². The average Bonchev–Trinajstić information content (AvgIpc) is 2.53. The molecule has 2 aromatic rings. The van der Waals surface area contributed by atoms with Crippen molar-refractivity contribution in [3.8, 4) is 0 Å². The highest BCUT2D eigenvalue weighted by Crippen LogP contribution is 2.36. The molecule has 5 nitrogen and oxygen atoms in total. The summed E-state index contributed by atoms with van der Waals surface area (Å²) in [5.41, 5.74) is 8.32. The van der Waals surface area contributed by atoms with Crippen molar-refractivity contribution in [2.75, 3.05) is 11.1 Å². The molecule has 1 aromatic heterocycles. The second kappa shape index (κ2) is 7.47. The molecule has 1 aliphatic rings. The molecule has 3 rings (SSSR count). The molecule has 2 heterocycles. The molecular weight excluding hydrogens is 391 g/mol. The minimum Gasteiger partial charge on any atom is -0.379 e. The van der Waals surface area contributed by atoms with Crippen LogP contribution in [0.4, 0.5) is 5.69 Å². The van der Waals surface area contributed by atoms with Crippen LogP contribution < -0.4 is 11.1 Å². The van der Waals surface area contributed by atoms with E-state index >= 15 is 0 Å². The summed E-state index contributed by atoms with van der Waals surface area (Å²) in [7, 11) is 0. The fourth-order valence-corrected chi connectivity index (χ4v) is 4.27. The smallest absolute Gasteiger partial charge is 0.275 e. The van der Waals surface area contributed by atoms with E-state index in [1.165, 1.54) is 12.3 Å². The highest BCUT2D eigenvalue weighted by Gasteiger charge is 2.30.